The molecule has 0 rings (SSSR count). The number of hydrogen-bond acceptors (Lipinski definition) is 4. The second kappa shape index (κ2) is 14.5. The van der Waals surface area contributed by atoms with Gasteiger partial charge in [0.2, 0.25) is 0 Å². The van der Waals surface area contributed by atoms with Crippen LogP contribution in [0, 0.1) is 0 Å². The van der Waals surface area contributed by atoms with E-state index < -0.39 is 12.2 Å². The van der Waals surface area contributed by atoms with Gasteiger partial charge in [-0.05, 0) is 0 Å². The Bertz CT molecular complexity index is 64.1. The Labute approximate surface area is 106 Å². The number of rotatable bonds is 3. The third-order valence-electron chi connectivity index (χ3n) is 0.818. The van der Waals surface area contributed by atoms with Crippen LogP contribution in [0.3, 0.4) is 0 Å². The Morgan fingerprint density at radius 3 is 1.18 bits per heavy atom. The molecule has 0 fully saturated rings. The minimum atomic E-state index is -0.740. The van der Waals surface area contributed by atoms with Crippen LogP contribution in [0.2, 0.25) is 0 Å². The summed E-state index contributed by atoms with van der Waals surface area (Å²) in [6, 6.07) is 0. The van der Waals surface area contributed by atoms with E-state index in [0.717, 1.165) is 0 Å². The van der Waals surface area contributed by atoms with Crippen LogP contribution in [0.1, 0.15) is 0 Å². The first-order valence-electron chi connectivity index (χ1n) is 2.30. The molecular formula is C4H10Cl2MgO2S2. The molecule has 2 nitrogen and oxygen atoms in total. The summed E-state index contributed by atoms with van der Waals surface area (Å²) in [4.78, 5) is 0. The summed E-state index contributed by atoms with van der Waals surface area (Å²) in [6.07, 6.45) is -1.48. The first-order chi connectivity index (χ1) is 3.72. The number of halogens is 2. The van der Waals surface area contributed by atoms with Crippen molar-refractivity contribution in [2.45, 2.75) is 12.2 Å². The zero-order chi connectivity index (χ0) is 6.57. The maximum absolute atomic E-state index is 8.75. The van der Waals surface area contributed by atoms with Gasteiger partial charge in [0.05, 0.1) is 12.2 Å². The molecule has 0 aliphatic rings. The molecule has 0 bridgehead atoms. The van der Waals surface area contributed by atoms with Crippen molar-refractivity contribution in [3.63, 3.8) is 0 Å². The van der Waals surface area contributed by atoms with Crippen LogP contribution in [-0.2, 0) is 0 Å². The van der Waals surface area contributed by atoms with Crippen LogP contribution < -0.4 is 24.8 Å². The van der Waals surface area contributed by atoms with Crippen LogP contribution in [-0.4, -0.2) is 57.0 Å². The zero-order valence-corrected chi connectivity index (χ0v) is 10.5. The summed E-state index contributed by atoms with van der Waals surface area (Å²) in [5.41, 5.74) is 0. The molecule has 11 heavy (non-hydrogen) atoms. The van der Waals surface area contributed by atoms with Crippen molar-refractivity contribution >= 4 is 48.3 Å². The second-order valence-corrected chi connectivity index (χ2v) is 2.23. The van der Waals surface area contributed by atoms with Crippen molar-refractivity contribution in [3.05, 3.63) is 0 Å². The predicted octanol–water partition coefficient (Wildman–Crippen LogP) is -6.80. The summed E-state index contributed by atoms with van der Waals surface area (Å²) in [5, 5.41) is 17.5. The van der Waals surface area contributed by atoms with Gasteiger partial charge in [0, 0.05) is 11.5 Å². The molecule has 66 valence electrons. The second-order valence-electron chi connectivity index (χ2n) is 1.50. The number of aliphatic hydroxyl groups excluding tert-OH is 2. The molecule has 2 atom stereocenters. The fourth-order valence-corrected chi connectivity index (χ4v) is 0.730. The molecular weight excluding hydrogens is 239 g/mol. The predicted molar refractivity (Wildman–Crippen MR) is 45.5 cm³/mol. The topological polar surface area (TPSA) is 40.5 Å². The molecule has 0 saturated carbocycles. The van der Waals surface area contributed by atoms with Crippen molar-refractivity contribution in [3.8, 4) is 0 Å². The van der Waals surface area contributed by atoms with E-state index >= 15 is 0 Å². The minimum absolute atomic E-state index is 0. The molecule has 0 spiro atoms. The number of hydrogen-bond donors (Lipinski definition) is 4. The van der Waals surface area contributed by atoms with Crippen molar-refractivity contribution in [2.75, 3.05) is 11.5 Å². The van der Waals surface area contributed by atoms with Gasteiger partial charge in [-0.25, -0.2) is 0 Å². The molecule has 2 N–H and O–H groups in total. The normalized spacial score (nSPS) is 13.1. The largest absolute Gasteiger partial charge is 2.00 e. The van der Waals surface area contributed by atoms with Crippen molar-refractivity contribution in [2.24, 2.45) is 0 Å². The van der Waals surface area contributed by atoms with Crippen molar-refractivity contribution < 1.29 is 35.0 Å². The van der Waals surface area contributed by atoms with Crippen LogP contribution in [0.4, 0.5) is 0 Å². The summed E-state index contributed by atoms with van der Waals surface area (Å²) >= 11 is 7.53. The molecule has 0 saturated heterocycles. The van der Waals surface area contributed by atoms with E-state index in [1.807, 2.05) is 0 Å². The standard InChI is InChI=1S/C4H10O2S2.2ClH.Mg/c5-3(1-7)4(6)2-8;;;/h3-8H,1-2H2;2*1H;/q;;;+2/p-2/t3-,4-;;;/m1.../s1. The van der Waals surface area contributed by atoms with Crippen molar-refractivity contribution in [1.29, 1.82) is 0 Å². The summed E-state index contributed by atoms with van der Waals surface area (Å²) in [5.74, 6) is 0.559. The van der Waals surface area contributed by atoms with E-state index in [1.165, 1.54) is 0 Å². The molecule has 0 amide bonds. The molecule has 7 heteroatoms. The Balaban J connectivity index is -0.0000000817. The molecule has 0 unspecified atom stereocenters. The maximum atomic E-state index is 8.75. The Morgan fingerprint density at radius 1 is 0.909 bits per heavy atom. The van der Waals surface area contributed by atoms with Gasteiger partial charge in [0.1, 0.15) is 0 Å². The van der Waals surface area contributed by atoms with Crippen molar-refractivity contribution in [1.82, 2.24) is 0 Å². The minimum Gasteiger partial charge on any atom is -1.00 e. The number of thiol groups is 2. The molecule has 0 aromatic rings. The van der Waals surface area contributed by atoms with Gasteiger partial charge in [0.25, 0.3) is 0 Å². The van der Waals surface area contributed by atoms with Gasteiger partial charge in [-0.3, -0.25) is 0 Å². The number of aliphatic hydroxyl groups is 2. The van der Waals surface area contributed by atoms with E-state index in [1.54, 1.807) is 0 Å². The summed E-state index contributed by atoms with van der Waals surface area (Å²) < 4.78 is 0. The van der Waals surface area contributed by atoms with Gasteiger partial charge in [-0.1, -0.05) is 0 Å². The van der Waals surface area contributed by atoms with E-state index in [0.29, 0.717) is 0 Å². The van der Waals surface area contributed by atoms with E-state index in [4.69, 9.17) is 10.2 Å². The van der Waals surface area contributed by atoms with Gasteiger partial charge in [-0.2, -0.15) is 25.3 Å². The molecule has 0 heterocycles. The van der Waals surface area contributed by atoms with Crippen LogP contribution in [0.5, 0.6) is 0 Å². The Hall–Kier alpha value is 1.97. The van der Waals surface area contributed by atoms with Gasteiger partial charge in [0.15, 0.2) is 0 Å². The first-order valence-corrected chi connectivity index (χ1v) is 3.56. The van der Waals surface area contributed by atoms with Gasteiger partial charge in [-0.15, -0.1) is 0 Å². The smallest absolute Gasteiger partial charge is 1.00 e. The SMILES string of the molecule is O[C@H](CS)[C@H](O)CS.[Cl-].[Cl-].[Mg+2]. The van der Waals surface area contributed by atoms with Crippen LogP contribution >= 0.6 is 25.3 Å². The van der Waals surface area contributed by atoms with Crippen LogP contribution in [0.25, 0.3) is 0 Å². The fraction of sp³-hybridized carbons (Fsp3) is 1.00. The average Bonchev–Trinajstić information content (AvgIpc) is 1.84. The van der Waals surface area contributed by atoms with Gasteiger partial charge >= 0.3 is 23.1 Å². The monoisotopic (exact) mass is 248 g/mol. The zero-order valence-electron chi connectivity index (χ0n) is 5.82. The van der Waals surface area contributed by atoms with Crippen LogP contribution in [0.15, 0.2) is 0 Å². The Morgan fingerprint density at radius 2 is 1.09 bits per heavy atom. The first kappa shape index (κ1) is 23.1. The molecule has 0 aromatic heterocycles. The molecule has 0 radical (unpaired) electrons. The quantitative estimate of drug-likeness (QED) is 0.297. The van der Waals surface area contributed by atoms with Gasteiger partial charge < -0.3 is 35.0 Å². The van der Waals surface area contributed by atoms with E-state index in [9.17, 15) is 0 Å². The average molecular weight is 249 g/mol. The third-order valence-corrected chi connectivity index (χ3v) is 1.57. The molecule has 0 aliphatic carbocycles. The summed E-state index contributed by atoms with van der Waals surface area (Å²) in [7, 11) is 0. The maximum Gasteiger partial charge on any atom is 2.00 e. The Kier molecular flexibility index (Phi) is 30.4. The summed E-state index contributed by atoms with van der Waals surface area (Å²) in [6.45, 7) is 0. The third kappa shape index (κ3) is 12.0. The molecule has 0 aromatic carbocycles. The van der Waals surface area contributed by atoms with E-state index in [-0.39, 0.29) is 59.4 Å². The fourth-order valence-electron chi connectivity index (χ4n) is 0.243. The van der Waals surface area contributed by atoms with E-state index in [2.05, 4.69) is 25.3 Å². The molecule has 0 aliphatic heterocycles.